The summed E-state index contributed by atoms with van der Waals surface area (Å²) in [5.41, 5.74) is 1.66. The Kier molecular flexibility index (Phi) is 7.55. The number of ether oxygens (including phenoxy) is 2. The zero-order valence-electron chi connectivity index (χ0n) is 18.8. The van der Waals surface area contributed by atoms with Gasteiger partial charge in [-0.05, 0) is 44.4 Å². The first-order valence-corrected chi connectivity index (χ1v) is 10.8. The minimum atomic E-state index is -0.0619. The molecule has 1 heterocycles. The number of hydrogen-bond acceptors (Lipinski definition) is 4. The number of piperidine rings is 1. The van der Waals surface area contributed by atoms with E-state index < -0.39 is 0 Å². The predicted octanol–water partition coefficient (Wildman–Crippen LogP) is 3.99. The van der Waals surface area contributed by atoms with Gasteiger partial charge in [-0.15, -0.1) is 0 Å². The zero-order chi connectivity index (χ0) is 22.4. The van der Waals surface area contributed by atoms with Crippen LogP contribution in [0.15, 0.2) is 48.5 Å². The molecule has 0 unspecified atom stereocenters. The normalized spacial score (nSPS) is 14.4. The van der Waals surface area contributed by atoms with Gasteiger partial charge in [-0.25, -0.2) is 0 Å². The SMILES string of the molecule is COc1cc(OC)cc(C(=O)N2CCC(C(=O)N(Cc3ccccc3)C(C)C)CC2)c1. The molecule has 2 aromatic carbocycles. The van der Waals surface area contributed by atoms with E-state index in [1.165, 1.54) is 0 Å². The van der Waals surface area contributed by atoms with E-state index in [0.717, 1.165) is 5.56 Å². The second-order valence-corrected chi connectivity index (χ2v) is 8.21. The first kappa shape index (κ1) is 22.7. The monoisotopic (exact) mass is 424 g/mol. The van der Waals surface area contributed by atoms with Crippen molar-refractivity contribution in [3.8, 4) is 11.5 Å². The maximum atomic E-state index is 13.2. The molecule has 6 heteroatoms. The quantitative estimate of drug-likeness (QED) is 0.674. The van der Waals surface area contributed by atoms with Crippen molar-refractivity contribution in [3.63, 3.8) is 0 Å². The van der Waals surface area contributed by atoms with Crippen molar-refractivity contribution in [2.45, 2.75) is 39.3 Å². The first-order valence-electron chi connectivity index (χ1n) is 10.8. The highest BCUT2D eigenvalue weighted by Gasteiger charge is 2.31. The van der Waals surface area contributed by atoms with E-state index in [4.69, 9.17) is 9.47 Å². The number of likely N-dealkylation sites (tertiary alicyclic amines) is 1. The topological polar surface area (TPSA) is 59.1 Å². The van der Waals surface area contributed by atoms with E-state index >= 15 is 0 Å². The maximum absolute atomic E-state index is 13.2. The summed E-state index contributed by atoms with van der Waals surface area (Å²) in [6.45, 7) is 5.84. The number of methoxy groups -OCH3 is 2. The molecule has 1 fully saturated rings. The minimum absolute atomic E-state index is 0.0602. The molecule has 0 aromatic heterocycles. The third-order valence-corrected chi connectivity index (χ3v) is 5.83. The molecule has 1 aliphatic heterocycles. The van der Waals surface area contributed by atoms with E-state index in [0.29, 0.717) is 49.5 Å². The number of amides is 2. The summed E-state index contributed by atoms with van der Waals surface area (Å²) in [6.07, 6.45) is 1.34. The Hall–Kier alpha value is -3.02. The lowest BCUT2D eigenvalue weighted by Crippen LogP contribution is -2.46. The summed E-state index contributed by atoms with van der Waals surface area (Å²) in [6, 6.07) is 15.4. The van der Waals surface area contributed by atoms with Crippen LogP contribution in [0.1, 0.15) is 42.6 Å². The van der Waals surface area contributed by atoms with Gasteiger partial charge in [0, 0.05) is 43.2 Å². The Labute approximate surface area is 184 Å². The highest BCUT2D eigenvalue weighted by Crippen LogP contribution is 2.26. The van der Waals surface area contributed by atoms with Gasteiger partial charge in [-0.2, -0.15) is 0 Å². The van der Waals surface area contributed by atoms with Crippen LogP contribution in [0.2, 0.25) is 0 Å². The van der Waals surface area contributed by atoms with E-state index in [-0.39, 0.29) is 23.8 Å². The van der Waals surface area contributed by atoms with E-state index in [9.17, 15) is 9.59 Å². The van der Waals surface area contributed by atoms with E-state index in [2.05, 4.69) is 13.8 Å². The van der Waals surface area contributed by atoms with Gasteiger partial charge in [-0.3, -0.25) is 9.59 Å². The Morgan fingerprint density at radius 2 is 1.58 bits per heavy atom. The van der Waals surface area contributed by atoms with Crippen LogP contribution >= 0.6 is 0 Å². The molecule has 0 atom stereocenters. The second-order valence-electron chi connectivity index (χ2n) is 8.21. The molecule has 31 heavy (non-hydrogen) atoms. The standard InChI is InChI=1S/C25H32N2O4/c1-18(2)27(17-19-8-6-5-7-9-19)25(29)20-10-12-26(13-11-20)24(28)21-14-22(30-3)16-23(15-21)31-4/h5-9,14-16,18,20H,10-13,17H2,1-4H3. The van der Waals surface area contributed by atoms with Crippen molar-refractivity contribution in [3.05, 3.63) is 59.7 Å². The van der Waals surface area contributed by atoms with Crippen molar-refractivity contribution in [1.29, 1.82) is 0 Å². The number of benzene rings is 2. The molecule has 0 N–H and O–H groups in total. The average Bonchev–Trinajstić information content (AvgIpc) is 2.81. The molecule has 1 saturated heterocycles. The number of carbonyl (C=O) groups is 2. The van der Waals surface area contributed by atoms with Gasteiger partial charge < -0.3 is 19.3 Å². The lowest BCUT2D eigenvalue weighted by atomic mass is 9.94. The van der Waals surface area contributed by atoms with Crippen LogP contribution in [-0.4, -0.2) is 55.0 Å². The molecule has 1 aliphatic rings. The zero-order valence-corrected chi connectivity index (χ0v) is 18.8. The van der Waals surface area contributed by atoms with Crippen LogP contribution < -0.4 is 9.47 Å². The van der Waals surface area contributed by atoms with Crippen LogP contribution in [-0.2, 0) is 11.3 Å². The molecular weight excluding hydrogens is 392 g/mol. The molecule has 2 amide bonds. The molecule has 0 bridgehead atoms. The molecule has 0 radical (unpaired) electrons. The van der Waals surface area contributed by atoms with Gasteiger partial charge in [0.25, 0.3) is 5.91 Å². The smallest absolute Gasteiger partial charge is 0.254 e. The van der Waals surface area contributed by atoms with E-state index in [1.54, 1.807) is 32.4 Å². The van der Waals surface area contributed by atoms with Gasteiger partial charge in [0.1, 0.15) is 11.5 Å². The minimum Gasteiger partial charge on any atom is -0.497 e. The highest BCUT2D eigenvalue weighted by atomic mass is 16.5. The van der Waals surface area contributed by atoms with Crippen LogP contribution in [0.25, 0.3) is 0 Å². The summed E-state index contributed by atoms with van der Waals surface area (Å²) in [5.74, 6) is 1.22. The van der Waals surface area contributed by atoms with Gasteiger partial charge in [0.2, 0.25) is 5.91 Å². The number of carbonyl (C=O) groups excluding carboxylic acids is 2. The fourth-order valence-corrected chi connectivity index (χ4v) is 3.97. The van der Waals surface area contributed by atoms with Crippen molar-refractivity contribution < 1.29 is 19.1 Å². The predicted molar refractivity (Wildman–Crippen MR) is 120 cm³/mol. The van der Waals surface area contributed by atoms with Crippen molar-refractivity contribution in [2.75, 3.05) is 27.3 Å². The Balaban J connectivity index is 1.64. The van der Waals surface area contributed by atoms with Crippen LogP contribution in [0.5, 0.6) is 11.5 Å². The van der Waals surface area contributed by atoms with Gasteiger partial charge in [0.15, 0.2) is 0 Å². The summed E-state index contributed by atoms with van der Waals surface area (Å²) in [4.78, 5) is 30.0. The molecule has 2 aromatic rings. The second kappa shape index (κ2) is 10.3. The van der Waals surface area contributed by atoms with Crippen molar-refractivity contribution >= 4 is 11.8 Å². The summed E-state index contributed by atoms with van der Waals surface area (Å²) < 4.78 is 10.6. The highest BCUT2D eigenvalue weighted by molar-refractivity contribution is 5.95. The van der Waals surface area contributed by atoms with Crippen LogP contribution in [0.3, 0.4) is 0 Å². The Bertz CT molecular complexity index is 867. The largest absolute Gasteiger partial charge is 0.497 e. The molecular formula is C25H32N2O4. The lowest BCUT2D eigenvalue weighted by molar-refractivity contribution is -0.139. The van der Waals surface area contributed by atoms with Crippen LogP contribution in [0, 0.1) is 5.92 Å². The molecule has 3 rings (SSSR count). The molecule has 0 spiro atoms. The fourth-order valence-electron chi connectivity index (χ4n) is 3.97. The lowest BCUT2D eigenvalue weighted by Gasteiger charge is -2.36. The Morgan fingerprint density at radius 3 is 2.10 bits per heavy atom. The molecule has 0 saturated carbocycles. The van der Waals surface area contributed by atoms with Crippen molar-refractivity contribution in [2.24, 2.45) is 5.92 Å². The van der Waals surface area contributed by atoms with Gasteiger partial charge in [0.05, 0.1) is 14.2 Å². The summed E-state index contributed by atoms with van der Waals surface area (Å²) in [7, 11) is 3.13. The molecule has 166 valence electrons. The maximum Gasteiger partial charge on any atom is 0.254 e. The molecule has 6 nitrogen and oxygen atoms in total. The van der Waals surface area contributed by atoms with Gasteiger partial charge in [-0.1, -0.05) is 30.3 Å². The Morgan fingerprint density at radius 1 is 1.00 bits per heavy atom. The van der Waals surface area contributed by atoms with Gasteiger partial charge >= 0.3 is 0 Å². The first-order chi connectivity index (χ1) is 14.9. The van der Waals surface area contributed by atoms with Crippen LogP contribution in [0.4, 0.5) is 0 Å². The van der Waals surface area contributed by atoms with E-state index in [1.807, 2.05) is 40.1 Å². The average molecular weight is 425 g/mol. The van der Waals surface area contributed by atoms with Crippen molar-refractivity contribution in [1.82, 2.24) is 9.80 Å². The summed E-state index contributed by atoms with van der Waals surface area (Å²) in [5, 5.41) is 0. The number of rotatable bonds is 7. The number of nitrogens with zero attached hydrogens (tertiary/aromatic N) is 2. The fraction of sp³-hybridized carbons (Fsp3) is 0.440. The summed E-state index contributed by atoms with van der Waals surface area (Å²) >= 11 is 0. The third kappa shape index (κ3) is 5.57. The third-order valence-electron chi connectivity index (χ3n) is 5.83. The number of hydrogen-bond donors (Lipinski definition) is 0. The molecule has 0 aliphatic carbocycles.